The van der Waals surface area contributed by atoms with Gasteiger partial charge >= 0.3 is 0 Å². The van der Waals surface area contributed by atoms with E-state index in [0.717, 1.165) is 26.5 Å². The van der Waals surface area contributed by atoms with Crippen LogP contribution in [0.15, 0.2) is 27.3 Å². The van der Waals surface area contributed by atoms with Gasteiger partial charge in [0.15, 0.2) is 11.5 Å². The highest BCUT2D eigenvalue weighted by molar-refractivity contribution is 9.10. The maximum absolute atomic E-state index is 4.72. The van der Waals surface area contributed by atoms with Crippen LogP contribution in [0.4, 0.5) is 0 Å². The highest BCUT2D eigenvalue weighted by atomic mass is 79.9. The average molecular weight is 386 g/mol. The molecule has 10 nitrogen and oxygen atoms in total. The number of aryl methyl sites for hydroxylation is 2. The highest BCUT2D eigenvalue weighted by Gasteiger charge is 2.17. The van der Waals surface area contributed by atoms with Crippen molar-refractivity contribution in [2.24, 2.45) is 0 Å². The molecule has 11 heteroatoms. The van der Waals surface area contributed by atoms with Gasteiger partial charge in [-0.2, -0.15) is 5.21 Å². The second-order valence-electron chi connectivity index (χ2n) is 5.20. The molecule has 0 saturated heterocycles. The molecule has 1 aromatic carbocycles. The van der Waals surface area contributed by atoms with Crippen LogP contribution in [-0.2, 0) is 13.0 Å². The third-order valence-corrected chi connectivity index (χ3v) is 4.30. The van der Waals surface area contributed by atoms with E-state index < -0.39 is 0 Å². The minimum Gasteiger partial charge on any atom is -0.323 e. The molecule has 118 valence electrons. The minimum atomic E-state index is 0.380. The van der Waals surface area contributed by atoms with E-state index in [9.17, 15) is 0 Å². The summed E-state index contributed by atoms with van der Waals surface area (Å²) in [6.45, 7) is 0.626. The van der Waals surface area contributed by atoms with Gasteiger partial charge in [0.25, 0.3) is 0 Å². The Morgan fingerprint density at radius 1 is 1.17 bits per heavy atom. The van der Waals surface area contributed by atoms with Crippen LogP contribution in [-0.4, -0.2) is 45.5 Å². The van der Waals surface area contributed by atoms with Crippen LogP contribution >= 0.6 is 15.9 Å². The number of hydrogen-bond acceptors (Lipinski definition) is 8. The number of H-pyrrole nitrogens is 1. The molecule has 0 saturated carbocycles. The van der Waals surface area contributed by atoms with Crippen molar-refractivity contribution in [3.63, 3.8) is 0 Å². The minimum absolute atomic E-state index is 0.380. The molecular weight excluding hydrogens is 378 g/mol. The quantitative estimate of drug-likeness (QED) is 0.496. The fourth-order valence-electron chi connectivity index (χ4n) is 2.77. The summed E-state index contributed by atoms with van der Waals surface area (Å²) in [5.41, 5.74) is 3.25. The molecule has 0 aliphatic carbocycles. The summed E-state index contributed by atoms with van der Waals surface area (Å²) in [5, 5.41) is 22.6. The Bertz CT molecular complexity index is 1180. The lowest BCUT2D eigenvalue weighted by Crippen LogP contribution is -2.04. The second-order valence-corrected chi connectivity index (χ2v) is 6.11. The maximum Gasteiger partial charge on any atom is 0.245 e. The monoisotopic (exact) mass is 385 g/mol. The first-order valence-electron chi connectivity index (χ1n) is 7.10. The molecule has 24 heavy (non-hydrogen) atoms. The van der Waals surface area contributed by atoms with Crippen LogP contribution < -0.4 is 0 Å². The fraction of sp³-hybridized carbons (Fsp3) is 0.154. The van der Waals surface area contributed by atoms with Gasteiger partial charge in [0, 0.05) is 22.8 Å². The third kappa shape index (κ3) is 1.98. The topological polar surface area (TPSA) is 124 Å². The number of nitrogens with one attached hydrogen (secondary N) is 1. The van der Waals surface area contributed by atoms with Crippen LogP contribution in [0.25, 0.3) is 33.4 Å². The number of aromatic amines is 1. The molecule has 0 fully saturated rings. The third-order valence-electron chi connectivity index (χ3n) is 3.81. The Balaban J connectivity index is 1.77. The Kier molecular flexibility index (Phi) is 2.82. The van der Waals surface area contributed by atoms with Crippen molar-refractivity contribution in [3.05, 3.63) is 28.5 Å². The number of halogens is 1. The lowest BCUT2D eigenvalue weighted by Gasteiger charge is -2.04. The molecule has 0 unspecified atom stereocenters. The number of hydrogen-bond donors (Lipinski definition) is 1. The van der Waals surface area contributed by atoms with Gasteiger partial charge in [-0.15, -0.1) is 10.2 Å². The van der Waals surface area contributed by atoms with Crippen molar-refractivity contribution in [3.8, 4) is 0 Å². The largest absolute Gasteiger partial charge is 0.323 e. The molecule has 4 aromatic heterocycles. The van der Waals surface area contributed by atoms with Gasteiger partial charge in [0.05, 0.1) is 5.52 Å². The highest BCUT2D eigenvalue weighted by Crippen LogP contribution is 2.30. The van der Waals surface area contributed by atoms with Crippen LogP contribution in [0.2, 0.25) is 0 Å². The summed E-state index contributed by atoms with van der Waals surface area (Å²) >= 11 is 3.52. The van der Waals surface area contributed by atoms with Gasteiger partial charge < -0.3 is 4.57 Å². The molecule has 0 radical (unpaired) electrons. The first kappa shape index (κ1) is 13.5. The van der Waals surface area contributed by atoms with E-state index in [0.29, 0.717) is 30.1 Å². The zero-order valence-corrected chi connectivity index (χ0v) is 13.6. The lowest BCUT2D eigenvalue weighted by atomic mass is 10.2. The van der Waals surface area contributed by atoms with Gasteiger partial charge in [-0.1, -0.05) is 21.1 Å². The van der Waals surface area contributed by atoms with Crippen LogP contribution in [0.3, 0.4) is 0 Å². The van der Waals surface area contributed by atoms with Gasteiger partial charge in [-0.05, 0) is 28.5 Å². The molecule has 1 N–H and O–H groups in total. The summed E-state index contributed by atoms with van der Waals surface area (Å²) in [7, 11) is 0. The summed E-state index contributed by atoms with van der Waals surface area (Å²) in [6, 6.07) is 6.00. The first-order chi connectivity index (χ1) is 11.8. The molecule has 0 amide bonds. The SMILES string of the molecule is Brc1ccc2c3nc4nonc4nc3n(CCc3nn[nH]n3)c2c1. The first-order valence-corrected chi connectivity index (χ1v) is 7.89. The van der Waals surface area contributed by atoms with Crippen molar-refractivity contribution >= 4 is 49.3 Å². The van der Waals surface area contributed by atoms with E-state index in [1.807, 2.05) is 18.2 Å². The smallest absolute Gasteiger partial charge is 0.245 e. The van der Waals surface area contributed by atoms with E-state index >= 15 is 0 Å². The van der Waals surface area contributed by atoms with Gasteiger partial charge in [0.2, 0.25) is 11.3 Å². The zero-order valence-electron chi connectivity index (χ0n) is 12.0. The Hall–Kier alpha value is -2.95. The van der Waals surface area contributed by atoms with E-state index in [1.54, 1.807) is 0 Å². The Morgan fingerprint density at radius 2 is 2.04 bits per heavy atom. The van der Waals surface area contributed by atoms with Crippen molar-refractivity contribution in [2.45, 2.75) is 13.0 Å². The van der Waals surface area contributed by atoms with Gasteiger partial charge in [-0.25, -0.2) is 14.6 Å². The number of aromatic nitrogens is 9. The number of fused-ring (bicyclic) bond motifs is 4. The normalized spacial score (nSPS) is 11.9. The molecule has 0 bridgehead atoms. The summed E-state index contributed by atoms with van der Waals surface area (Å²) in [5.74, 6) is 0.636. The molecule has 0 aliphatic heterocycles. The standard InChI is InChI=1S/C13H8BrN9O/c14-6-1-2-7-8(5-6)23(4-3-9-17-21-22-18-9)13-10(7)15-11-12(16-13)20-24-19-11/h1-2,5H,3-4H2,(H,17,18,21,22). The lowest BCUT2D eigenvalue weighted by molar-refractivity contribution is 0.314. The molecule has 4 heterocycles. The van der Waals surface area contributed by atoms with Crippen LogP contribution in [0, 0.1) is 0 Å². The predicted octanol–water partition coefficient (Wildman–Crippen LogP) is 1.64. The second kappa shape index (κ2) is 5.03. The predicted molar refractivity (Wildman–Crippen MR) is 86.0 cm³/mol. The Labute approximate surface area is 141 Å². The van der Waals surface area contributed by atoms with Gasteiger partial charge in [-0.3, -0.25) is 0 Å². The van der Waals surface area contributed by atoms with Crippen molar-refractivity contribution < 1.29 is 4.63 Å². The van der Waals surface area contributed by atoms with Crippen LogP contribution in [0.1, 0.15) is 5.82 Å². The van der Waals surface area contributed by atoms with Crippen molar-refractivity contribution in [2.75, 3.05) is 0 Å². The molecular formula is C13H8BrN9O. The maximum atomic E-state index is 4.72. The summed E-state index contributed by atoms with van der Waals surface area (Å²) in [6.07, 6.45) is 0.610. The number of benzene rings is 1. The van der Waals surface area contributed by atoms with E-state index in [4.69, 9.17) is 4.63 Å². The summed E-state index contributed by atoms with van der Waals surface area (Å²) in [4.78, 5) is 9.10. The van der Waals surface area contributed by atoms with E-state index in [2.05, 4.69) is 61.4 Å². The Morgan fingerprint density at radius 3 is 2.88 bits per heavy atom. The zero-order chi connectivity index (χ0) is 16.1. The van der Waals surface area contributed by atoms with Crippen LogP contribution in [0.5, 0.6) is 0 Å². The van der Waals surface area contributed by atoms with E-state index in [1.165, 1.54) is 0 Å². The van der Waals surface area contributed by atoms with Gasteiger partial charge in [0.1, 0.15) is 5.52 Å². The molecule has 5 rings (SSSR count). The number of rotatable bonds is 3. The molecule has 0 spiro atoms. The van der Waals surface area contributed by atoms with E-state index in [-0.39, 0.29) is 0 Å². The molecule has 5 aromatic rings. The van der Waals surface area contributed by atoms with Crippen molar-refractivity contribution in [1.29, 1.82) is 0 Å². The molecule has 0 atom stereocenters. The molecule has 0 aliphatic rings. The summed E-state index contributed by atoms with van der Waals surface area (Å²) < 4.78 is 7.76. The average Bonchev–Trinajstić information content (AvgIpc) is 3.30. The van der Waals surface area contributed by atoms with Crippen molar-refractivity contribution in [1.82, 2.24) is 45.5 Å². The number of nitrogens with zero attached hydrogens (tertiary/aromatic N) is 8. The fourth-order valence-corrected chi connectivity index (χ4v) is 3.12. The number of tetrazole rings is 1.